The van der Waals surface area contributed by atoms with E-state index in [1.165, 1.54) is 12.1 Å². The van der Waals surface area contributed by atoms with Crippen LogP contribution in [0.4, 0.5) is 5.69 Å². The average Bonchev–Trinajstić information content (AvgIpc) is 2.68. The van der Waals surface area contributed by atoms with Gasteiger partial charge in [-0.05, 0) is 49.4 Å². The van der Waals surface area contributed by atoms with Gasteiger partial charge in [-0.15, -0.1) is 0 Å². The van der Waals surface area contributed by atoms with Crippen LogP contribution in [0.3, 0.4) is 0 Å². The third-order valence-electron chi connectivity index (χ3n) is 4.84. The lowest BCUT2D eigenvalue weighted by atomic mass is 10.1. The van der Waals surface area contributed by atoms with E-state index in [4.69, 9.17) is 0 Å². The minimum Gasteiger partial charge on any atom is -0.336 e. The predicted octanol–water partition coefficient (Wildman–Crippen LogP) is 2.44. The first kappa shape index (κ1) is 19.4. The van der Waals surface area contributed by atoms with E-state index in [-0.39, 0.29) is 10.8 Å². The Morgan fingerprint density at radius 1 is 1.00 bits per heavy atom. The Balaban J connectivity index is 1.75. The van der Waals surface area contributed by atoms with Crippen LogP contribution >= 0.6 is 0 Å². The van der Waals surface area contributed by atoms with E-state index < -0.39 is 10.0 Å². The molecule has 1 N–H and O–H groups in total. The molecule has 27 heavy (non-hydrogen) atoms. The van der Waals surface area contributed by atoms with E-state index in [2.05, 4.69) is 9.62 Å². The van der Waals surface area contributed by atoms with Crippen molar-refractivity contribution >= 4 is 21.6 Å². The average molecular weight is 388 g/mol. The highest BCUT2D eigenvalue weighted by Crippen LogP contribution is 2.21. The summed E-state index contributed by atoms with van der Waals surface area (Å²) in [6.07, 6.45) is 0.733. The molecule has 3 rings (SSSR count). The number of benzene rings is 2. The number of carbonyl (C=O) groups excluding carboxylic acids is 1. The lowest BCUT2D eigenvalue weighted by Crippen LogP contribution is -2.47. The number of likely N-dealkylation sites (N-methyl/N-ethyl adjacent to an activating group) is 1. The van der Waals surface area contributed by atoms with Gasteiger partial charge in [0.05, 0.1) is 10.6 Å². The minimum absolute atomic E-state index is 0.0589. The standard InChI is InChI=1S/C20H25N3O3S/c1-3-16-6-4-5-7-19(16)21-27(25,26)18-10-8-17(9-11-18)20(24)23-14-12-22(2)13-15-23/h4-11,21H,3,12-15H2,1-2H3. The highest BCUT2D eigenvalue weighted by atomic mass is 32.2. The summed E-state index contributed by atoms with van der Waals surface area (Å²) in [5, 5.41) is 0. The van der Waals surface area contributed by atoms with Crippen molar-refractivity contribution in [2.75, 3.05) is 37.9 Å². The molecule has 0 atom stereocenters. The molecule has 0 aromatic heterocycles. The molecule has 1 fully saturated rings. The van der Waals surface area contributed by atoms with Crippen LogP contribution in [0, 0.1) is 0 Å². The summed E-state index contributed by atoms with van der Waals surface area (Å²) in [6, 6.07) is 13.5. The van der Waals surface area contributed by atoms with Crippen molar-refractivity contribution in [3.63, 3.8) is 0 Å². The van der Waals surface area contributed by atoms with Crippen molar-refractivity contribution in [3.8, 4) is 0 Å². The van der Waals surface area contributed by atoms with Crippen molar-refractivity contribution in [3.05, 3.63) is 59.7 Å². The molecule has 0 radical (unpaired) electrons. The van der Waals surface area contributed by atoms with Crippen molar-refractivity contribution in [1.82, 2.24) is 9.80 Å². The van der Waals surface area contributed by atoms with Gasteiger partial charge >= 0.3 is 0 Å². The van der Waals surface area contributed by atoms with E-state index >= 15 is 0 Å². The largest absolute Gasteiger partial charge is 0.336 e. The Morgan fingerprint density at radius 3 is 2.26 bits per heavy atom. The maximum atomic E-state index is 12.7. The van der Waals surface area contributed by atoms with E-state index in [0.717, 1.165) is 25.1 Å². The molecule has 0 bridgehead atoms. The molecular weight excluding hydrogens is 362 g/mol. The van der Waals surface area contributed by atoms with Crippen molar-refractivity contribution in [2.24, 2.45) is 0 Å². The Hall–Kier alpha value is -2.38. The SMILES string of the molecule is CCc1ccccc1NS(=O)(=O)c1ccc(C(=O)N2CCN(C)CC2)cc1. The molecule has 6 nitrogen and oxygen atoms in total. The summed E-state index contributed by atoms with van der Waals surface area (Å²) < 4.78 is 28.0. The van der Waals surface area contributed by atoms with E-state index in [1.807, 2.05) is 26.1 Å². The van der Waals surface area contributed by atoms with Gasteiger partial charge in [0.2, 0.25) is 0 Å². The number of hydrogen-bond acceptors (Lipinski definition) is 4. The number of para-hydroxylation sites is 1. The van der Waals surface area contributed by atoms with Gasteiger partial charge in [-0.3, -0.25) is 9.52 Å². The van der Waals surface area contributed by atoms with E-state index in [9.17, 15) is 13.2 Å². The number of anilines is 1. The zero-order chi connectivity index (χ0) is 19.4. The van der Waals surface area contributed by atoms with Gasteiger partial charge in [-0.1, -0.05) is 25.1 Å². The fourth-order valence-corrected chi connectivity index (χ4v) is 4.20. The van der Waals surface area contributed by atoms with Crippen LogP contribution in [-0.4, -0.2) is 57.4 Å². The molecule has 0 spiro atoms. The third-order valence-corrected chi connectivity index (χ3v) is 6.23. The second-order valence-corrected chi connectivity index (χ2v) is 8.42. The number of rotatable bonds is 5. The smallest absolute Gasteiger partial charge is 0.261 e. The summed E-state index contributed by atoms with van der Waals surface area (Å²) in [4.78, 5) is 16.7. The summed E-state index contributed by atoms with van der Waals surface area (Å²) in [5.74, 6) is -0.0589. The van der Waals surface area contributed by atoms with Crippen LogP contribution in [0.1, 0.15) is 22.8 Å². The summed E-state index contributed by atoms with van der Waals surface area (Å²) in [6.45, 7) is 5.04. The van der Waals surface area contributed by atoms with Crippen molar-refractivity contribution in [2.45, 2.75) is 18.2 Å². The monoisotopic (exact) mass is 387 g/mol. The van der Waals surface area contributed by atoms with Gasteiger partial charge in [-0.2, -0.15) is 0 Å². The normalized spacial score (nSPS) is 15.6. The molecule has 7 heteroatoms. The molecule has 1 aliphatic heterocycles. The molecule has 0 unspecified atom stereocenters. The van der Waals surface area contributed by atoms with Crippen LogP contribution in [0.2, 0.25) is 0 Å². The highest BCUT2D eigenvalue weighted by molar-refractivity contribution is 7.92. The molecule has 144 valence electrons. The van der Waals surface area contributed by atoms with Crippen LogP contribution in [-0.2, 0) is 16.4 Å². The molecule has 2 aromatic carbocycles. The number of piperazine rings is 1. The Labute approximate surface area is 160 Å². The number of carbonyl (C=O) groups is 1. The number of nitrogens with zero attached hydrogens (tertiary/aromatic N) is 2. The molecular formula is C20H25N3O3S. The van der Waals surface area contributed by atoms with Crippen molar-refractivity contribution in [1.29, 1.82) is 0 Å². The second kappa shape index (κ2) is 8.10. The minimum atomic E-state index is -3.70. The Morgan fingerprint density at radius 2 is 1.63 bits per heavy atom. The van der Waals surface area contributed by atoms with Gasteiger partial charge in [-0.25, -0.2) is 8.42 Å². The molecule has 0 aliphatic carbocycles. The summed E-state index contributed by atoms with van der Waals surface area (Å²) >= 11 is 0. The van der Waals surface area contributed by atoms with Gasteiger partial charge in [0.15, 0.2) is 0 Å². The Bertz CT molecular complexity index is 902. The fourth-order valence-electron chi connectivity index (χ4n) is 3.10. The quantitative estimate of drug-likeness (QED) is 0.856. The van der Waals surface area contributed by atoms with Gasteiger partial charge in [0, 0.05) is 31.7 Å². The number of sulfonamides is 1. The maximum Gasteiger partial charge on any atom is 0.261 e. The van der Waals surface area contributed by atoms with Crippen LogP contribution in [0.5, 0.6) is 0 Å². The van der Waals surface area contributed by atoms with Gasteiger partial charge < -0.3 is 9.80 Å². The molecule has 1 saturated heterocycles. The van der Waals surface area contributed by atoms with Gasteiger partial charge in [0.25, 0.3) is 15.9 Å². The summed E-state index contributed by atoms with van der Waals surface area (Å²) in [5.41, 5.74) is 2.02. The van der Waals surface area contributed by atoms with Crippen molar-refractivity contribution < 1.29 is 13.2 Å². The molecule has 0 saturated carbocycles. The first-order valence-electron chi connectivity index (χ1n) is 9.09. The highest BCUT2D eigenvalue weighted by Gasteiger charge is 2.21. The lowest BCUT2D eigenvalue weighted by molar-refractivity contribution is 0.0664. The molecule has 1 heterocycles. The zero-order valence-corrected chi connectivity index (χ0v) is 16.5. The van der Waals surface area contributed by atoms with Crippen LogP contribution in [0.15, 0.2) is 53.4 Å². The van der Waals surface area contributed by atoms with Crippen LogP contribution < -0.4 is 4.72 Å². The van der Waals surface area contributed by atoms with Crippen LogP contribution in [0.25, 0.3) is 0 Å². The maximum absolute atomic E-state index is 12.7. The number of aryl methyl sites for hydroxylation is 1. The zero-order valence-electron chi connectivity index (χ0n) is 15.7. The molecule has 1 amide bonds. The number of hydrogen-bond donors (Lipinski definition) is 1. The lowest BCUT2D eigenvalue weighted by Gasteiger charge is -2.32. The number of amides is 1. The van der Waals surface area contributed by atoms with E-state index in [1.54, 1.807) is 29.2 Å². The topological polar surface area (TPSA) is 69.7 Å². The fraction of sp³-hybridized carbons (Fsp3) is 0.350. The number of nitrogens with one attached hydrogen (secondary N) is 1. The molecule has 2 aromatic rings. The summed E-state index contributed by atoms with van der Waals surface area (Å²) in [7, 11) is -1.67. The molecule has 1 aliphatic rings. The first-order valence-corrected chi connectivity index (χ1v) is 10.6. The predicted molar refractivity (Wildman–Crippen MR) is 106 cm³/mol. The Kier molecular flexibility index (Phi) is 5.82. The first-order chi connectivity index (χ1) is 12.9. The third kappa shape index (κ3) is 4.48. The van der Waals surface area contributed by atoms with Gasteiger partial charge in [0.1, 0.15) is 0 Å². The second-order valence-electron chi connectivity index (χ2n) is 6.74. The van der Waals surface area contributed by atoms with E-state index in [0.29, 0.717) is 24.3 Å².